The molecule has 0 aromatic heterocycles. The molecule has 1 saturated heterocycles. The number of piperazine rings is 1. The Hall–Kier alpha value is -4.07. The summed E-state index contributed by atoms with van der Waals surface area (Å²) < 4.78 is 84.7. The molecule has 1 saturated carbocycles. The quantitative estimate of drug-likeness (QED) is 0.175. The first kappa shape index (κ1) is 31.4. The fraction of sp³-hybridized carbons (Fsp3) is 0.433. The maximum atomic E-state index is 13.3. The number of hydrogen-bond donors (Lipinski definition) is 1. The van der Waals surface area contributed by atoms with Gasteiger partial charge in [-0.1, -0.05) is 12.1 Å². The molecule has 0 unspecified atom stereocenters. The average molecular weight is 625 g/mol. The van der Waals surface area contributed by atoms with Crippen LogP contribution in [0, 0.1) is 10.1 Å². The minimum Gasteiger partial charge on any atom is -0.382 e. The molecule has 44 heavy (non-hydrogen) atoms. The van der Waals surface area contributed by atoms with Crippen LogP contribution in [0.1, 0.15) is 36.8 Å². The molecule has 8 nitrogen and oxygen atoms in total. The topological polar surface area (TPSA) is 87.9 Å². The van der Waals surface area contributed by atoms with Gasteiger partial charge in [0.15, 0.2) is 0 Å². The van der Waals surface area contributed by atoms with Crippen molar-refractivity contribution in [2.24, 2.45) is 0 Å². The van der Waals surface area contributed by atoms with Crippen LogP contribution in [0.15, 0.2) is 54.6 Å². The number of fused-ring (bicyclic) bond motifs is 1. The van der Waals surface area contributed by atoms with Gasteiger partial charge in [-0.15, -0.1) is 0 Å². The number of nitrogens with one attached hydrogen (secondary N) is 1. The van der Waals surface area contributed by atoms with Gasteiger partial charge in [0.25, 0.3) is 5.69 Å². The molecule has 0 bridgehead atoms. The van der Waals surface area contributed by atoms with Crippen molar-refractivity contribution in [3.8, 4) is 0 Å². The summed E-state index contributed by atoms with van der Waals surface area (Å²) in [4.78, 5) is 26.5. The first-order chi connectivity index (χ1) is 20.8. The number of nitro benzene ring substituents is 1. The second kappa shape index (κ2) is 12.5. The fourth-order valence-corrected chi connectivity index (χ4v) is 5.72. The maximum absolute atomic E-state index is 13.3. The van der Waals surface area contributed by atoms with Crippen molar-refractivity contribution in [3.63, 3.8) is 0 Å². The van der Waals surface area contributed by atoms with E-state index in [-0.39, 0.29) is 30.3 Å². The lowest BCUT2D eigenvalue weighted by Gasteiger charge is -2.36. The molecule has 1 heterocycles. The van der Waals surface area contributed by atoms with Crippen molar-refractivity contribution >= 4 is 33.7 Å². The number of rotatable bonds is 7. The SMILES string of the molecule is O=C(COC1CCC(Nc2ccc([N+](=O)[O-])c(C(F)(F)F)c2)CC1)N1CCN(c2ccc3cc(C(F)(F)F)ccc3c2)CC1. The number of nitro groups is 1. The van der Waals surface area contributed by atoms with Crippen molar-refractivity contribution < 1.29 is 40.8 Å². The van der Waals surface area contributed by atoms with Crippen LogP contribution in [0.25, 0.3) is 10.8 Å². The van der Waals surface area contributed by atoms with Crippen LogP contribution >= 0.6 is 0 Å². The van der Waals surface area contributed by atoms with Gasteiger partial charge in [0.05, 0.1) is 16.6 Å². The number of benzene rings is 3. The van der Waals surface area contributed by atoms with Gasteiger partial charge in [0.2, 0.25) is 5.91 Å². The smallest absolute Gasteiger partial charge is 0.382 e. The number of carbonyl (C=O) groups is 1. The number of halogens is 6. The highest BCUT2D eigenvalue weighted by Crippen LogP contribution is 2.38. The van der Waals surface area contributed by atoms with Gasteiger partial charge in [-0.2, -0.15) is 26.3 Å². The molecule has 0 radical (unpaired) electrons. The Morgan fingerprint density at radius 3 is 2.16 bits per heavy atom. The maximum Gasteiger partial charge on any atom is 0.423 e. The van der Waals surface area contributed by atoms with Crippen LogP contribution in [0.4, 0.5) is 43.4 Å². The third-order valence-electron chi connectivity index (χ3n) is 8.13. The molecule has 14 heteroatoms. The number of nitrogens with zero attached hydrogens (tertiary/aromatic N) is 3. The zero-order valence-electron chi connectivity index (χ0n) is 23.5. The molecule has 2 fully saturated rings. The van der Waals surface area contributed by atoms with E-state index < -0.39 is 34.1 Å². The molecule has 3 aromatic rings. The van der Waals surface area contributed by atoms with Crippen LogP contribution in [-0.2, 0) is 21.9 Å². The van der Waals surface area contributed by atoms with Gasteiger partial charge < -0.3 is 19.9 Å². The summed E-state index contributed by atoms with van der Waals surface area (Å²) in [7, 11) is 0. The summed E-state index contributed by atoms with van der Waals surface area (Å²) in [6.07, 6.45) is -7.03. The van der Waals surface area contributed by atoms with E-state index in [4.69, 9.17) is 4.74 Å². The molecule has 1 amide bonds. The van der Waals surface area contributed by atoms with Crippen molar-refractivity contribution in [1.29, 1.82) is 0 Å². The summed E-state index contributed by atoms with van der Waals surface area (Å²) in [5.74, 6) is -0.145. The molecule has 2 aliphatic rings. The van der Waals surface area contributed by atoms with E-state index in [2.05, 4.69) is 10.2 Å². The molecule has 1 N–H and O–H groups in total. The highest BCUT2D eigenvalue weighted by Gasteiger charge is 2.38. The highest BCUT2D eigenvalue weighted by molar-refractivity contribution is 5.86. The van der Waals surface area contributed by atoms with Crippen molar-refractivity contribution in [3.05, 3.63) is 75.8 Å². The van der Waals surface area contributed by atoms with Crippen LogP contribution in [-0.4, -0.2) is 60.7 Å². The predicted octanol–water partition coefficient (Wildman–Crippen LogP) is 6.87. The van der Waals surface area contributed by atoms with Crippen LogP contribution in [0.5, 0.6) is 0 Å². The largest absolute Gasteiger partial charge is 0.423 e. The number of anilines is 2. The van der Waals surface area contributed by atoms with Crippen LogP contribution in [0.2, 0.25) is 0 Å². The van der Waals surface area contributed by atoms with E-state index in [9.17, 15) is 41.3 Å². The monoisotopic (exact) mass is 624 g/mol. The first-order valence-corrected chi connectivity index (χ1v) is 14.2. The summed E-state index contributed by atoms with van der Waals surface area (Å²) in [5, 5.41) is 15.2. The van der Waals surface area contributed by atoms with Gasteiger partial charge in [0.1, 0.15) is 12.2 Å². The first-order valence-electron chi connectivity index (χ1n) is 14.2. The van der Waals surface area contributed by atoms with E-state index in [0.717, 1.165) is 30.0 Å². The molecule has 1 aliphatic carbocycles. The highest BCUT2D eigenvalue weighted by atomic mass is 19.4. The molecule has 236 valence electrons. The lowest BCUT2D eigenvalue weighted by Crippen LogP contribution is -2.50. The summed E-state index contributed by atoms with van der Waals surface area (Å²) in [5.41, 5.74) is -1.97. The van der Waals surface area contributed by atoms with Gasteiger partial charge in [-0.3, -0.25) is 14.9 Å². The summed E-state index contributed by atoms with van der Waals surface area (Å²) in [6, 6.07) is 11.7. The fourth-order valence-electron chi connectivity index (χ4n) is 5.72. The van der Waals surface area contributed by atoms with E-state index in [1.807, 2.05) is 6.07 Å². The Kier molecular flexibility index (Phi) is 8.91. The predicted molar refractivity (Wildman–Crippen MR) is 151 cm³/mol. The summed E-state index contributed by atoms with van der Waals surface area (Å²) in [6.45, 7) is 1.98. The van der Waals surface area contributed by atoms with E-state index in [1.54, 1.807) is 17.0 Å². The minimum absolute atomic E-state index is 0.0857. The molecule has 0 atom stereocenters. The molecule has 1 aliphatic heterocycles. The molecular formula is C30H30F6N4O4. The number of amides is 1. The van der Waals surface area contributed by atoms with Crippen molar-refractivity contribution in [2.45, 2.75) is 50.2 Å². The zero-order chi connectivity index (χ0) is 31.6. The number of hydrogen-bond acceptors (Lipinski definition) is 6. The molecule has 3 aromatic carbocycles. The van der Waals surface area contributed by atoms with Crippen molar-refractivity contribution in [1.82, 2.24) is 4.90 Å². The van der Waals surface area contributed by atoms with E-state index in [0.29, 0.717) is 62.6 Å². The van der Waals surface area contributed by atoms with Gasteiger partial charge in [-0.25, -0.2) is 0 Å². The Balaban J connectivity index is 1.06. The lowest BCUT2D eigenvalue weighted by molar-refractivity contribution is -0.388. The second-order valence-corrected chi connectivity index (χ2v) is 11.0. The zero-order valence-corrected chi connectivity index (χ0v) is 23.5. The lowest BCUT2D eigenvalue weighted by atomic mass is 9.92. The third kappa shape index (κ3) is 7.34. The summed E-state index contributed by atoms with van der Waals surface area (Å²) >= 11 is 0. The Labute approximate surface area is 248 Å². The third-order valence-corrected chi connectivity index (χ3v) is 8.13. The van der Waals surface area contributed by atoms with E-state index >= 15 is 0 Å². The Morgan fingerprint density at radius 2 is 1.52 bits per heavy atom. The Bertz CT molecular complexity index is 1510. The van der Waals surface area contributed by atoms with Crippen LogP contribution in [0.3, 0.4) is 0 Å². The molecule has 0 spiro atoms. The van der Waals surface area contributed by atoms with Crippen molar-refractivity contribution in [2.75, 3.05) is 43.0 Å². The number of alkyl halides is 6. The van der Waals surface area contributed by atoms with Gasteiger partial charge >= 0.3 is 12.4 Å². The molecular weight excluding hydrogens is 594 g/mol. The Morgan fingerprint density at radius 1 is 0.864 bits per heavy atom. The van der Waals surface area contributed by atoms with Gasteiger partial charge in [-0.05, 0) is 72.9 Å². The number of carbonyl (C=O) groups excluding carboxylic acids is 1. The standard InChI is InChI=1S/C30H30F6N4O4/c31-29(32,33)21-3-1-20-16-24(7-2-19(20)15-21)38-11-13-39(14-12-38)28(41)18-44-25-8-4-22(5-9-25)37-23-6-10-27(40(42)43)26(17-23)30(34,35)36/h1-3,6-7,10,15-17,22,25,37H,4-5,8-9,11-14,18H2. The van der Waals surface area contributed by atoms with Gasteiger partial charge in [0, 0.05) is 49.7 Å². The van der Waals surface area contributed by atoms with Crippen LogP contribution < -0.4 is 10.2 Å². The average Bonchev–Trinajstić information content (AvgIpc) is 2.99. The van der Waals surface area contributed by atoms with E-state index in [1.165, 1.54) is 12.1 Å². The number of ether oxygens (including phenoxy) is 1. The minimum atomic E-state index is -4.85. The molecule has 5 rings (SSSR count). The second-order valence-electron chi connectivity index (χ2n) is 11.0. The normalized spacial score (nSPS) is 19.7.